The minimum atomic E-state index is 0.441. The average molecular weight is 454 g/mol. The van der Waals surface area contributed by atoms with Gasteiger partial charge in [-0.2, -0.15) is 0 Å². The van der Waals surface area contributed by atoms with Crippen molar-refractivity contribution >= 4 is 38.5 Å². The first-order valence-corrected chi connectivity index (χ1v) is 9.27. The van der Waals surface area contributed by atoms with Gasteiger partial charge in [0.15, 0.2) is 0 Å². The van der Waals surface area contributed by atoms with Crippen LogP contribution < -0.4 is 0 Å². The molecule has 0 unspecified atom stereocenters. The Labute approximate surface area is 148 Å². The average Bonchev–Trinajstić information content (AvgIpc) is 3.05. The van der Waals surface area contributed by atoms with E-state index in [-0.39, 0.29) is 0 Å². The molecule has 1 nitrogen and oxygen atoms in total. The first-order chi connectivity index (χ1) is 10.2. The van der Waals surface area contributed by atoms with Crippen molar-refractivity contribution < 1.29 is 0 Å². The maximum absolute atomic E-state index is 3.76. The van der Waals surface area contributed by atoms with Crippen LogP contribution in [0.15, 0.2) is 59.1 Å². The Bertz CT molecular complexity index is 659. The molecule has 0 N–H and O–H groups in total. The zero-order valence-corrected chi connectivity index (χ0v) is 15.4. The summed E-state index contributed by atoms with van der Waals surface area (Å²) in [6, 6.07) is 20.1. The number of likely N-dealkylation sites (tertiary alicyclic amines) is 1. The van der Waals surface area contributed by atoms with Gasteiger partial charge in [0.25, 0.3) is 0 Å². The molecule has 1 saturated carbocycles. The van der Waals surface area contributed by atoms with Crippen molar-refractivity contribution in [1.82, 2.24) is 4.90 Å². The smallest absolute Gasteiger partial charge is 0.0512 e. The number of hydrogen-bond donors (Lipinski definition) is 0. The van der Waals surface area contributed by atoms with Crippen LogP contribution in [-0.2, 0) is 6.54 Å². The van der Waals surface area contributed by atoms with E-state index >= 15 is 0 Å². The van der Waals surface area contributed by atoms with Crippen LogP contribution in [0.25, 0.3) is 0 Å². The van der Waals surface area contributed by atoms with Crippen molar-refractivity contribution in [3.8, 4) is 0 Å². The number of benzene rings is 2. The van der Waals surface area contributed by atoms with Gasteiger partial charge < -0.3 is 0 Å². The lowest BCUT2D eigenvalue weighted by atomic mass is 10.0. The lowest BCUT2D eigenvalue weighted by Crippen LogP contribution is -2.29. The van der Waals surface area contributed by atoms with Crippen molar-refractivity contribution in [2.24, 2.45) is 5.92 Å². The second-order valence-corrected chi connectivity index (χ2v) is 9.03. The summed E-state index contributed by atoms with van der Waals surface area (Å²) in [7, 11) is 0. The Morgan fingerprint density at radius 2 is 1.81 bits per heavy atom. The number of alkyl halides is 1. The summed E-state index contributed by atoms with van der Waals surface area (Å²) in [5.74, 6) is 0.860. The Morgan fingerprint density at radius 3 is 2.57 bits per heavy atom. The van der Waals surface area contributed by atoms with E-state index in [1.807, 2.05) is 0 Å². The van der Waals surface area contributed by atoms with Gasteiger partial charge in [-0.15, -0.1) is 0 Å². The second-order valence-electron chi connectivity index (χ2n) is 6.17. The molecule has 0 bridgehead atoms. The molecule has 21 heavy (non-hydrogen) atoms. The van der Waals surface area contributed by atoms with Crippen LogP contribution >= 0.6 is 38.5 Å². The van der Waals surface area contributed by atoms with Gasteiger partial charge in [-0.05, 0) is 29.5 Å². The van der Waals surface area contributed by atoms with Gasteiger partial charge in [-0.1, -0.05) is 87.1 Å². The summed E-state index contributed by atoms with van der Waals surface area (Å²) >= 11 is 6.48. The molecule has 1 aliphatic heterocycles. The standard InChI is InChI=1S/C18H17BrIN/c19-16-9-5-4-8-15(16)17-18(20)10-14(18)12-21(17)11-13-6-2-1-3-7-13/h1-9,14,17H,10-12H2/t14-,17-,18+/m0/s1. The molecule has 2 aliphatic rings. The fourth-order valence-electron chi connectivity index (χ4n) is 3.69. The zero-order chi connectivity index (χ0) is 14.4. The van der Waals surface area contributed by atoms with Crippen molar-refractivity contribution in [2.75, 3.05) is 6.54 Å². The number of rotatable bonds is 3. The largest absolute Gasteiger partial charge is 0.290 e. The lowest BCUT2D eigenvalue weighted by molar-refractivity contribution is 0.221. The molecular formula is C18H17BrIN. The number of hydrogen-bond acceptors (Lipinski definition) is 1. The van der Waals surface area contributed by atoms with Gasteiger partial charge in [0.05, 0.1) is 6.04 Å². The van der Waals surface area contributed by atoms with Crippen molar-refractivity contribution in [1.29, 1.82) is 0 Å². The van der Waals surface area contributed by atoms with Crippen molar-refractivity contribution in [3.63, 3.8) is 0 Å². The van der Waals surface area contributed by atoms with E-state index in [9.17, 15) is 0 Å². The molecule has 1 aliphatic carbocycles. The van der Waals surface area contributed by atoms with Crippen LogP contribution in [0.5, 0.6) is 0 Å². The maximum atomic E-state index is 3.76. The van der Waals surface area contributed by atoms with Crippen molar-refractivity contribution in [3.05, 3.63) is 70.2 Å². The van der Waals surface area contributed by atoms with E-state index in [4.69, 9.17) is 0 Å². The first-order valence-electron chi connectivity index (χ1n) is 7.40. The summed E-state index contributed by atoms with van der Waals surface area (Å²) in [5.41, 5.74) is 2.86. The highest BCUT2D eigenvalue weighted by molar-refractivity contribution is 14.1. The van der Waals surface area contributed by atoms with Crippen LogP contribution in [0, 0.1) is 5.92 Å². The Hall–Kier alpha value is -0.390. The quantitative estimate of drug-likeness (QED) is 0.456. The third-order valence-electron chi connectivity index (χ3n) is 4.78. The molecule has 1 saturated heterocycles. The summed E-state index contributed by atoms with van der Waals surface area (Å²) in [4.78, 5) is 2.66. The molecule has 0 radical (unpaired) electrons. The molecule has 2 aromatic rings. The monoisotopic (exact) mass is 453 g/mol. The molecule has 2 fully saturated rings. The van der Waals surface area contributed by atoms with E-state index in [0.717, 1.165) is 12.5 Å². The molecule has 0 spiro atoms. The number of nitrogens with zero attached hydrogens (tertiary/aromatic N) is 1. The van der Waals surface area contributed by atoms with Crippen LogP contribution in [0.4, 0.5) is 0 Å². The van der Waals surface area contributed by atoms with Gasteiger partial charge in [0.2, 0.25) is 0 Å². The molecule has 1 heterocycles. The molecule has 3 atom stereocenters. The Kier molecular flexibility index (Phi) is 3.63. The predicted octanol–water partition coefficient (Wildman–Crippen LogP) is 5.20. The number of fused-ring (bicyclic) bond motifs is 1. The number of piperidine rings is 1. The van der Waals surface area contributed by atoms with Crippen LogP contribution in [0.3, 0.4) is 0 Å². The molecule has 0 aromatic heterocycles. The number of halogens is 2. The van der Waals surface area contributed by atoms with E-state index in [2.05, 4.69) is 98.0 Å². The predicted molar refractivity (Wildman–Crippen MR) is 98.6 cm³/mol. The minimum Gasteiger partial charge on any atom is -0.290 e. The van der Waals surface area contributed by atoms with Gasteiger partial charge in [0, 0.05) is 21.0 Å². The molecule has 4 rings (SSSR count). The van der Waals surface area contributed by atoms with Crippen LogP contribution in [0.2, 0.25) is 0 Å². The van der Waals surface area contributed by atoms with E-state index in [1.54, 1.807) is 0 Å². The minimum absolute atomic E-state index is 0.441. The fraction of sp³-hybridized carbons (Fsp3) is 0.333. The van der Waals surface area contributed by atoms with Gasteiger partial charge in [0.1, 0.15) is 0 Å². The van der Waals surface area contributed by atoms with Crippen LogP contribution in [0.1, 0.15) is 23.6 Å². The normalized spacial score (nSPS) is 31.1. The van der Waals surface area contributed by atoms with Gasteiger partial charge in [-0.25, -0.2) is 0 Å². The van der Waals surface area contributed by atoms with Gasteiger partial charge >= 0.3 is 0 Å². The molecule has 0 amide bonds. The van der Waals surface area contributed by atoms with E-state index < -0.39 is 0 Å². The molecular weight excluding hydrogens is 437 g/mol. The zero-order valence-electron chi connectivity index (χ0n) is 11.7. The summed E-state index contributed by atoms with van der Waals surface area (Å²) < 4.78 is 1.69. The first kappa shape index (κ1) is 14.2. The lowest BCUT2D eigenvalue weighted by Gasteiger charge is -2.31. The highest BCUT2D eigenvalue weighted by Gasteiger charge is 2.64. The Morgan fingerprint density at radius 1 is 1.10 bits per heavy atom. The highest BCUT2D eigenvalue weighted by atomic mass is 127. The van der Waals surface area contributed by atoms with Crippen LogP contribution in [-0.4, -0.2) is 14.9 Å². The third-order valence-corrected chi connectivity index (χ3v) is 7.41. The summed E-state index contributed by atoms with van der Waals surface area (Å²) in [6.45, 7) is 2.28. The molecule has 108 valence electrons. The topological polar surface area (TPSA) is 3.24 Å². The summed E-state index contributed by atoms with van der Waals surface area (Å²) in [6.07, 6.45) is 1.37. The fourth-order valence-corrected chi connectivity index (χ4v) is 5.65. The van der Waals surface area contributed by atoms with Crippen molar-refractivity contribution in [2.45, 2.75) is 22.4 Å². The third kappa shape index (κ3) is 2.47. The molecule has 2 aromatic carbocycles. The summed E-state index contributed by atoms with van der Waals surface area (Å²) in [5, 5.41) is 0. The Balaban J connectivity index is 1.67. The maximum Gasteiger partial charge on any atom is 0.0512 e. The van der Waals surface area contributed by atoms with Gasteiger partial charge in [-0.3, -0.25) is 4.90 Å². The second kappa shape index (κ2) is 5.36. The van der Waals surface area contributed by atoms with E-state index in [0.29, 0.717) is 9.46 Å². The SMILES string of the molecule is Brc1ccccc1[C@@H]1N(Cc2ccccc2)C[C@@H]2C[C@@]21I. The van der Waals surface area contributed by atoms with E-state index in [1.165, 1.54) is 28.6 Å². The highest BCUT2D eigenvalue weighted by Crippen LogP contribution is 2.66. The molecule has 3 heteroatoms.